The van der Waals surface area contributed by atoms with Crippen molar-refractivity contribution in [2.24, 2.45) is 5.92 Å². The lowest BCUT2D eigenvalue weighted by Gasteiger charge is -2.20. The number of rotatable bonds is 6. The van der Waals surface area contributed by atoms with Crippen LogP contribution in [-0.4, -0.2) is 42.9 Å². The number of carbonyl (C=O) groups is 1. The van der Waals surface area contributed by atoms with Gasteiger partial charge in [0.15, 0.2) is 5.82 Å². The Bertz CT molecular complexity index is 401. The number of amides is 1. The summed E-state index contributed by atoms with van der Waals surface area (Å²) in [7, 11) is 1.57. The second-order valence-corrected chi connectivity index (χ2v) is 4.47. The molecule has 0 radical (unpaired) electrons. The fourth-order valence-electron chi connectivity index (χ4n) is 1.98. The summed E-state index contributed by atoms with van der Waals surface area (Å²) in [5.74, 6) is 1.19. The summed E-state index contributed by atoms with van der Waals surface area (Å²) in [5.41, 5.74) is 0. The van der Waals surface area contributed by atoms with Crippen LogP contribution in [0.25, 0.3) is 0 Å². The maximum atomic E-state index is 11.8. The highest BCUT2D eigenvalue weighted by molar-refractivity contribution is 5.78. The van der Waals surface area contributed by atoms with Gasteiger partial charge in [0.1, 0.15) is 6.61 Å². The Balaban J connectivity index is 1.68. The summed E-state index contributed by atoms with van der Waals surface area (Å²) in [6.07, 6.45) is 2.15. The van der Waals surface area contributed by atoms with Crippen molar-refractivity contribution in [2.45, 2.75) is 25.9 Å². The van der Waals surface area contributed by atoms with E-state index < -0.39 is 0 Å². The highest BCUT2D eigenvalue weighted by Gasteiger charge is 2.21. The van der Waals surface area contributed by atoms with Crippen LogP contribution in [0.15, 0.2) is 4.52 Å². The van der Waals surface area contributed by atoms with Gasteiger partial charge in [-0.2, -0.15) is 4.98 Å². The molecule has 0 bridgehead atoms. The molecule has 1 aliphatic heterocycles. The lowest BCUT2D eigenvalue weighted by molar-refractivity contribution is -0.127. The van der Waals surface area contributed by atoms with E-state index in [1.807, 2.05) is 0 Å². The van der Waals surface area contributed by atoms with Gasteiger partial charge < -0.3 is 19.3 Å². The highest BCUT2D eigenvalue weighted by Crippen LogP contribution is 2.14. The van der Waals surface area contributed by atoms with Crippen molar-refractivity contribution < 1.29 is 18.8 Å². The van der Waals surface area contributed by atoms with Gasteiger partial charge in [-0.25, -0.2) is 0 Å². The summed E-state index contributed by atoms with van der Waals surface area (Å²) in [4.78, 5) is 16.0. The van der Waals surface area contributed by atoms with E-state index in [1.165, 1.54) is 0 Å². The average molecular weight is 269 g/mol. The predicted octanol–water partition coefficient (Wildman–Crippen LogP) is 0.301. The molecule has 1 amide bonds. The summed E-state index contributed by atoms with van der Waals surface area (Å²) in [5, 5.41) is 6.70. The Hall–Kier alpha value is -1.47. The van der Waals surface area contributed by atoms with Crippen LogP contribution < -0.4 is 5.32 Å². The number of carbonyl (C=O) groups excluding carboxylic acids is 1. The molecule has 1 aromatic rings. The molecule has 2 rings (SSSR count). The van der Waals surface area contributed by atoms with Crippen molar-refractivity contribution in [3.05, 3.63) is 11.7 Å². The Kier molecular flexibility index (Phi) is 5.29. The molecule has 0 unspecified atom stereocenters. The number of ether oxygens (including phenoxy) is 2. The zero-order chi connectivity index (χ0) is 13.5. The summed E-state index contributed by atoms with van der Waals surface area (Å²) >= 11 is 0. The summed E-state index contributed by atoms with van der Waals surface area (Å²) < 4.78 is 15.1. The van der Waals surface area contributed by atoms with Crippen LogP contribution >= 0.6 is 0 Å². The second-order valence-electron chi connectivity index (χ2n) is 4.47. The molecule has 106 valence electrons. The third-order valence-electron chi connectivity index (χ3n) is 3.02. The average Bonchev–Trinajstić information content (AvgIpc) is 2.88. The van der Waals surface area contributed by atoms with Crippen LogP contribution in [0.3, 0.4) is 0 Å². The minimum Gasteiger partial charge on any atom is -0.381 e. The van der Waals surface area contributed by atoms with Crippen molar-refractivity contribution in [3.8, 4) is 0 Å². The first-order chi connectivity index (χ1) is 9.29. The van der Waals surface area contributed by atoms with Gasteiger partial charge in [-0.1, -0.05) is 5.16 Å². The van der Waals surface area contributed by atoms with Crippen LogP contribution in [0, 0.1) is 5.92 Å². The minimum atomic E-state index is 0.0723. The number of aromatic nitrogens is 2. The molecule has 0 saturated carbocycles. The van der Waals surface area contributed by atoms with Crippen molar-refractivity contribution in [1.29, 1.82) is 0 Å². The van der Waals surface area contributed by atoms with E-state index in [-0.39, 0.29) is 11.8 Å². The number of methoxy groups -OCH3 is 1. The zero-order valence-electron chi connectivity index (χ0n) is 11.1. The van der Waals surface area contributed by atoms with Crippen LogP contribution in [-0.2, 0) is 27.3 Å². The maximum absolute atomic E-state index is 11.8. The van der Waals surface area contributed by atoms with E-state index in [0.29, 0.717) is 44.5 Å². The van der Waals surface area contributed by atoms with E-state index in [4.69, 9.17) is 14.0 Å². The van der Waals surface area contributed by atoms with Crippen LogP contribution in [0.5, 0.6) is 0 Å². The van der Waals surface area contributed by atoms with Crippen molar-refractivity contribution in [3.63, 3.8) is 0 Å². The molecule has 1 aliphatic rings. The Labute approximate surface area is 111 Å². The van der Waals surface area contributed by atoms with Gasteiger partial charge >= 0.3 is 0 Å². The van der Waals surface area contributed by atoms with Gasteiger partial charge in [0, 0.05) is 39.2 Å². The standard InChI is InChI=1S/C12H19N3O4/c1-17-8-11-14-10(15-19-11)2-5-13-12(16)9-3-6-18-7-4-9/h9H,2-8H2,1H3,(H,13,16). The molecule has 7 nitrogen and oxygen atoms in total. The first kappa shape index (κ1) is 14.0. The molecule has 2 heterocycles. The number of hydrogen-bond acceptors (Lipinski definition) is 6. The lowest BCUT2D eigenvalue weighted by atomic mass is 9.99. The van der Waals surface area contributed by atoms with E-state index in [2.05, 4.69) is 15.5 Å². The Morgan fingerprint density at radius 3 is 3.00 bits per heavy atom. The van der Waals surface area contributed by atoms with Crippen molar-refractivity contribution in [2.75, 3.05) is 26.9 Å². The van der Waals surface area contributed by atoms with Gasteiger partial charge in [-0.15, -0.1) is 0 Å². The molecule has 1 N–H and O–H groups in total. The third kappa shape index (κ3) is 4.29. The first-order valence-electron chi connectivity index (χ1n) is 6.45. The molecule has 1 saturated heterocycles. The first-order valence-corrected chi connectivity index (χ1v) is 6.45. The van der Waals surface area contributed by atoms with E-state index in [9.17, 15) is 4.79 Å². The molecule has 7 heteroatoms. The van der Waals surface area contributed by atoms with Gasteiger partial charge in [-0.05, 0) is 12.8 Å². The quantitative estimate of drug-likeness (QED) is 0.799. The summed E-state index contributed by atoms with van der Waals surface area (Å²) in [6, 6.07) is 0. The largest absolute Gasteiger partial charge is 0.381 e. The third-order valence-corrected chi connectivity index (χ3v) is 3.02. The molecular weight excluding hydrogens is 250 g/mol. The normalized spacial score (nSPS) is 16.5. The van der Waals surface area contributed by atoms with Gasteiger partial charge in [0.2, 0.25) is 5.91 Å². The molecule has 19 heavy (non-hydrogen) atoms. The molecule has 1 fully saturated rings. The monoisotopic (exact) mass is 269 g/mol. The Morgan fingerprint density at radius 1 is 1.47 bits per heavy atom. The zero-order valence-corrected chi connectivity index (χ0v) is 11.1. The van der Waals surface area contributed by atoms with Crippen LogP contribution in [0.4, 0.5) is 0 Å². The number of nitrogens with one attached hydrogen (secondary N) is 1. The number of hydrogen-bond donors (Lipinski definition) is 1. The molecule has 0 aliphatic carbocycles. The fraction of sp³-hybridized carbons (Fsp3) is 0.750. The van der Waals surface area contributed by atoms with Crippen LogP contribution in [0.2, 0.25) is 0 Å². The number of nitrogens with zero attached hydrogens (tertiary/aromatic N) is 2. The van der Waals surface area contributed by atoms with E-state index in [1.54, 1.807) is 7.11 Å². The van der Waals surface area contributed by atoms with Gasteiger partial charge in [0.05, 0.1) is 0 Å². The smallest absolute Gasteiger partial charge is 0.252 e. The SMILES string of the molecule is COCc1nc(CCNC(=O)C2CCOCC2)no1. The van der Waals surface area contributed by atoms with E-state index >= 15 is 0 Å². The topological polar surface area (TPSA) is 86.5 Å². The second kappa shape index (κ2) is 7.20. The highest BCUT2D eigenvalue weighted by atomic mass is 16.5. The lowest BCUT2D eigenvalue weighted by Crippen LogP contribution is -2.35. The van der Waals surface area contributed by atoms with Gasteiger partial charge in [-0.3, -0.25) is 4.79 Å². The maximum Gasteiger partial charge on any atom is 0.252 e. The molecular formula is C12H19N3O4. The molecule has 0 spiro atoms. The van der Waals surface area contributed by atoms with Crippen molar-refractivity contribution >= 4 is 5.91 Å². The summed E-state index contributed by atoms with van der Waals surface area (Å²) in [6.45, 7) is 2.16. The molecule has 0 atom stereocenters. The fourth-order valence-corrected chi connectivity index (χ4v) is 1.98. The predicted molar refractivity (Wildman–Crippen MR) is 65.3 cm³/mol. The van der Waals surface area contributed by atoms with Gasteiger partial charge in [0.25, 0.3) is 5.89 Å². The van der Waals surface area contributed by atoms with Crippen molar-refractivity contribution in [1.82, 2.24) is 15.5 Å². The Morgan fingerprint density at radius 2 is 2.26 bits per heavy atom. The van der Waals surface area contributed by atoms with E-state index in [0.717, 1.165) is 12.8 Å². The van der Waals surface area contributed by atoms with Crippen LogP contribution in [0.1, 0.15) is 24.6 Å². The minimum absolute atomic E-state index is 0.0723. The molecule has 0 aromatic carbocycles. The molecule has 1 aromatic heterocycles.